The Morgan fingerprint density at radius 2 is 1.61 bits per heavy atom. The third kappa shape index (κ3) is 3.91. The highest BCUT2D eigenvalue weighted by Gasteiger charge is 2.15. The molecular formula is C26H21NO. The number of fused-ring (bicyclic) bond motifs is 1. The van der Waals surface area contributed by atoms with Crippen LogP contribution < -0.4 is 0 Å². The Bertz CT molecular complexity index is 1140. The minimum atomic E-state index is 0.0879. The second kappa shape index (κ2) is 8.01. The van der Waals surface area contributed by atoms with Gasteiger partial charge in [-0.2, -0.15) is 0 Å². The number of para-hydroxylation sites is 1. The van der Waals surface area contributed by atoms with E-state index in [1.54, 1.807) is 0 Å². The molecule has 0 atom stereocenters. The van der Waals surface area contributed by atoms with E-state index in [9.17, 15) is 4.79 Å². The van der Waals surface area contributed by atoms with Gasteiger partial charge >= 0.3 is 0 Å². The van der Waals surface area contributed by atoms with Crippen molar-refractivity contribution in [3.05, 3.63) is 113 Å². The zero-order valence-electron chi connectivity index (χ0n) is 15.8. The van der Waals surface area contributed by atoms with E-state index in [4.69, 9.17) is 0 Å². The Balaban J connectivity index is 1.74. The van der Waals surface area contributed by atoms with Crippen LogP contribution >= 0.6 is 0 Å². The van der Waals surface area contributed by atoms with Gasteiger partial charge in [-0.1, -0.05) is 78.9 Å². The van der Waals surface area contributed by atoms with Gasteiger partial charge in [0.25, 0.3) is 0 Å². The first kappa shape index (κ1) is 17.9. The van der Waals surface area contributed by atoms with Gasteiger partial charge in [0.15, 0.2) is 5.78 Å². The van der Waals surface area contributed by atoms with Gasteiger partial charge in [0, 0.05) is 23.6 Å². The molecule has 28 heavy (non-hydrogen) atoms. The van der Waals surface area contributed by atoms with E-state index in [1.807, 2.05) is 98.1 Å². The lowest BCUT2D eigenvalue weighted by Crippen LogP contribution is -2.07. The highest BCUT2D eigenvalue weighted by Crippen LogP contribution is 2.24. The van der Waals surface area contributed by atoms with Crippen LogP contribution in [-0.4, -0.2) is 10.8 Å². The van der Waals surface area contributed by atoms with Crippen molar-refractivity contribution in [2.45, 2.75) is 13.3 Å². The van der Waals surface area contributed by atoms with Gasteiger partial charge in [-0.05, 0) is 41.3 Å². The molecule has 4 rings (SSSR count). The summed E-state index contributed by atoms with van der Waals surface area (Å²) in [6.07, 6.45) is 4.15. The van der Waals surface area contributed by atoms with Gasteiger partial charge in [-0.15, -0.1) is 0 Å². The third-order valence-electron chi connectivity index (χ3n) is 4.78. The Hall–Kier alpha value is -3.52. The fourth-order valence-corrected chi connectivity index (χ4v) is 3.40. The SMILES string of the molecule is Cc1cnc2c(CC(=O)/C(=C/c3ccccc3)c3ccccc3)cccc2c1. The maximum Gasteiger partial charge on any atom is 0.167 e. The van der Waals surface area contributed by atoms with Gasteiger partial charge in [0.1, 0.15) is 0 Å². The molecule has 0 N–H and O–H groups in total. The van der Waals surface area contributed by atoms with Crippen molar-refractivity contribution in [2.24, 2.45) is 0 Å². The van der Waals surface area contributed by atoms with E-state index in [0.717, 1.165) is 38.7 Å². The van der Waals surface area contributed by atoms with Crippen LogP contribution in [0.25, 0.3) is 22.6 Å². The van der Waals surface area contributed by atoms with Crippen LogP contribution in [0.4, 0.5) is 0 Å². The summed E-state index contributed by atoms with van der Waals surface area (Å²) in [7, 11) is 0. The first-order valence-electron chi connectivity index (χ1n) is 9.40. The lowest BCUT2D eigenvalue weighted by Gasteiger charge is -2.10. The number of aryl methyl sites for hydroxylation is 1. The molecule has 0 saturated carbocycles. The van der Waals surface area contributed by atoms with E-state index in [-0.39, 0.29) is 5.78 Å². The van der Waals surface area contributed by atoms with Crippen LogP contribution in [0.1, 0.15) is 22.3 Å². The zero-order chi connectivity index (χ0) is 19.3. The molecule has 0 aliphatic carbocycles. The molecule has 0 aliphatic rings. The molecule has 1 aromatic heterocycles. The number of carbonyl (C=O) groups is 1. The number of pyridine rings is 1. The van der Waals surface area contributed by atoms with Crippen LogP contribution in [0.3, 0.4) is 0 Å². The van der Waals surface area contributed by atoms with Crippen LogP contribution in [0, 0.1) is 6.92 Å². The molecule has 1 heterocycles. The number of benzene rings is 3. The van der Waals surface area contributed by atoms with E-state index >= 15 is 0 Å². The number of nitrogens with zero attached hydrogens (tertiary/aromatic N) is 1. The van der Waals surface area contributed by atoms with Crippen molar-refractivity contribution in [1.82, 2.24) is 4.98 Å². The second-order valence-electron chi connectivity index (χ2n) is 6.94. The molecular weight excluding hydrogens is 342 g/mol. The summed E-state index contributed by atoms with van der Waals surface area (Å²) in [5, 5.41) is 1.07. The molecule has 0 bridgehead atoms. The molecule has 0 radical (unpaired) electrons. The predicted octanol–water partition coefficient (Wildman–Crippen LogP) is 5.90. The molecule has 3 aromatic carbocycles. The Morgan fingerprint density at radius 1 is 0.893 bits per heavy atom. The smallest absolute Gasteiger partial charge is 0.167 e. The molecule has 0 saturated heterocycles. The highest BCUT2D eigenvalue weighted by molar-refractivity contribution is 6.26. The van der Waals surface area contributed by atoms with Crippen molar-refractivity contribution in [1.29, 1.82) is 0 Å². The number of carbonyl (C=O) groups excluding carboxylic acids is 1. The highest BCUT2D eigenvalue weighted by atomic mass is 16.1. The number of ketones is 1. The lowest BCUT2D eigenvalue weighted by atomic mass is 9.94. The number of aromatic nitrogens is 1. The molecule has 0 amide bonds. The average Bonchev–Trinajstić information content (AvgIpc) is 2.73. The van der Waals surface area contributed by atoms with E-state index in [2.05, 4.69) is 11.1 Å². The van der Waals surface area contributed by atoms with Gasteiger partial charge in [-0.3, -0.25) is 9.78 Å². The fraction of sp³-hybridized carbons (Fsp3) is 0.0769. The third-order valence-corrected chi connectivity index (χ3v) is 4.78. The van der Waals surface area contributed by atoms with Crippen molar-refractivity contribution in [2.75, 3.05) is 0 Å². The maximum absolute atomic E-state index is 13.3. The summed E-state index contributed by atoms with van der Waals surface area (Å²) in [6, 6.07) is 28.0. The molecule has 2 heteroatoms. The van der Waals surface area contributed by atoms with Gasteiger partial charge in [0.05, 0.1) is 5.52 Å². The number of hydrogen-bond donors (Lipinski definition) is 0. The second-order valence-corrected chi connectivity index (χ2v) is 6.94. The molecule has 136 valence electrons. The standard InChI is InChI=1S/C26H21NO/c1-19-15-22-13-8-14-23(26(22)27-18-19)17-25(28)24(21-11-6-3-7-12-21)16-20-9-4-2-5-10-20/h2-16,18H,17H2,1H3/b24-16+. The Kier molecular flexibility index (Phi) is 5.11. The van der Waals surface area contributed by atoms with Crippen molar-refractivity contribution in [3.63, 3.8) is 0 Å². The van der Waals surface area contributed by atoms with E-state index < -0.39 is 0 Å². The van der Waals surface area contributed by atoms with Crippen LogP contribution in [0.2, 0.25) is 0 Å². The number of hydrogen-bond acceptors (Lipinski definition) is 2. The monoisotopic (exact) mass is 363 g/mol. The molecule has 0 spiro atoms. The molecule has 0 unspecified atom stereocenters. The largest absolute Gasteiger partial charge is 0.294 e. The number of Topliss-reactive ketones (excluding diaryl/α,β-unsaturated/α-hetero) is 1. The average molecular weight is 363 g/mol. The van der Waals surface area contributed by atoms with E-state index in [0.29, 0.717) is 6.42 Å². The summed E-state index contributed by atoms with van der Waals surface area (Å²) >= 11 is 0. The first-order valence-corrected chi connectivity index (χ1v) is 9.40. The van der Waals surface area contributed by atoms with Crippen molar-refractivity contribution in [3.8, 4) is 0 Å². The summed E-state index contributed by atoms with van der Waals surface area (Å²) in [6.45, 7) is 2.03. The Labute approximate surface area is 165 Å². The van der Waals surface area contributed by atoms with E-state index in [1.165, 1.54) is 0 Å². The van der Waals surface area contributed by atoms with Crippen LogP contribution in [0.5, 0.6) is 0 Å². The minimum absolute atomic E-state index is 0.0879. The Morgan fingerprint density at radius 3 is 2.36 bits per heavy atom. The number of allylic oxidation sites excluding steroid dienone is 1. The van der Waals surface area contributed by atoms with Gasteiger partial charge in [-0.25, -0.2) is 0 Å². The molecule has 0 fully saturated rings. The van der Waals surface area contributed by atoms with Gasteiger partial charge in [0.2, 0.25) is 0 Å². The molecule has 4 aromatic rings. The number of rotatable bonds is 5. The maximum atomic E-state index is 13.3. The molecule has 2 nitrogen and oxygen atoms in total. The van der Waals surface area contributed by atoms with Crippen LogP contribution in [-0.2, 0) is 11.2 Å². The van der Waals surface area contributed by atoms with Crippen LogP contribution in [0.15, 0.2) is 91.1 Å². The normalized spacial score (nSPS) is 11.5. The zero-order valence-corrected chi connectivity index (χ0v) is 15.8. The summed E-state index contributed by atoms with van der Waals surface area (Å²) in [5.41, 5.74) is 5.63. The predicted molar refractivity (Wildman–Crippen MR) is 116 cm³/mol. The quantitative estimate of drug-likeness (QED) is 0.327. The van der Waals surface area contributed by atoms with Crippen molar-refractivity contribution < 1.29 is 4.79 Å². The minimum Gasteiger partial charge on any atom is -0.294 e. The summed E-state index contributed by atoms with van der Waals surface area (Å²) in [5.74, 6) is 0.0879. The summed E-state index contributed by atoms with van der Waals surface area (Å²) < 4.78 is 0. The molecule has 0 aliphatic heterocycles. The first-order chi connectivity index (χ1) is 13.7. The van der Waals surface area contributed by atoms with Crippen molar-refractivity contribution >= 4 is 28.3 Å². The lowest BCUT2D eigenvalue weighted by molar-refractivity contribution is -0.113. The van der Waals surface area contributed by atoms with Gasteiger partial charge < -0.3 is 0 Å². The fourth-order valence-electron chi connectivity index (χ4n) is 3.40. The topological polar surface area (TPSA) is 30.0 Å². The summed E-state index contributed by atoms with van der Waals surface area (Å²) in [4.78, 5) is 17.9.